The molecule has 0 aliphatic carbocycles. The van der Waals surface area contributed by atoms with E-state index in [2.05, 4.69) is 10.3 Å². The molecule has 1 N–H and O–H groups in total. The maximum Gasteiger partial charge on any atom is 0.342 e. The SMILES string of the molecule is CCOc1ccc(Nc2ncccc2C(=O)OCC(=O)c2ccccc2OC)cc1. The van der Waals surface area contributed by atoms with E-state index >= 15 is 0 Å². The Morgan fingerprint density at radius 3 is 2.43 bits per heavy atom. The number of ketones is 1. The van der Waals surface area contributed by atoms with Gasteiger partial charge in [-0.15, -0.1) is 0 Å². The van der Waals surface area contributed by atoms with Crippen LogP contribution in [0.2, 0.25) is 0 Å². The number of nitrogens with zero attached hydrogens (tertiary/aromatic N) is 1. The van der Waals surface area contributed by atoms with Crippen molar-refractivity contribution in [1.82, 2.24) is 4.98 Å². The van der Waals surface area contributed by atoms with Crippen molar-refractivity contribution < 1.29 is 23.8 Å². The Bertz CT molecular complexity index is 1020. The highest BCUT2D eigenvalue weighted by Crippen LogP contribution is 2.22. The van der Waals surface area contributed by atoms with Crippen LogP contribution < -0.4 is 14.8 Å². The number of benzene rings is 2. The molecule has 0 bridgehead atoms. The Kier molecular flexibility index (Phi) is 7.00. The second kappa shape index (κ2) is 10.1. The summed E-state index contributed by atoms with van der Waals surface area (Å²) >= 11 is 0. The quantitative estimate of drug-likeness (QED) is 0.419. The van der Waals surface area contributed by atoms with Crippen LogP contribution in [0.15, 0.2) is 66.9 Å². The van der Waals surface area contributed by atoms with Crippen LogP contribution in [-0.4, -0.2) is 37.1 Å². The largest absolute Gasteiger partial charge is 0.496 e. The molecule has 3 aromatic rings. The molecule has 0 amide bonds. The molecule has 0 aliphatic heterocycles. The van der Waals surface area contributed by atoms with Gasteiger partial charge in [-0.3, -0.25) is 4.79 Å². The number of hydrogen-bond acceptors (Lipinski definition) is 7. The summed E-state index contributed by atoms with van der Waals surface area (Å²) in [5.74, 6) is 0.498. The summed E-state index contributed by atoms with van der Waals surface area (Å²) in [6, 6.07) is 17.3. The molecule has 1 heterocycles. The Balaban J connectivity index is 1.68. The number of carbonyl (C=O) groups excluding carboxylic acids is 2. The van der Waals surface area contributed by atoms with Gasteiger partial charge in [0.05, 0.1) is 19.3 Å². The van der Waals surface area contributed by atoms with Crippen molar-refractivity contribution in [1.29, 1.82) is 0 Å². The number of pyridine rings is 1. The van der Waals surface area contributed by atoms with E-state index in [0.29, 0.717) is 23.7 Å². The lowest BCUT2D eigenvalue weighted by molar-refractivity contribution is 0.0474. The summed E-state index contributed by atoms with van der Waals surface area (Å²) < 4.78 is 15.8. The average molecular weight is 406 g/mol. The molecule has 0 radical (unpaired) electrons. The predicted molar refractivity (Wildman–Crippen MR) is 113 cm³/mol. The first-order valence-corrected chi connectivity index (χ1v) is 9.40. The van der Waals surface area contributed by atoms with Crippen LogP contribution in [0.4, 0.5) is 11.5 Å². The van der Waals surface area contributed by atoms with Crippen LogP contribution in [-0.2, 0) is 4.74 Å². The minimum atomic E-state index is -0.653. The fourth-order valence-corrected chi connectivity index (χ4v) is 2.77. The number of ether oxygens (including phenoxy) is 3. The van der Waals surface area contributed by atoms with Gasteiger partial charge in [0.2, 0.25) is 5.78 Å². The summed E-state index contributed by atoms with van der Waals surface area (Å²) in [4.78, 5) is 29.2. The van der Waals surface area contributed by atoms with Gasteiger partial charge in [-0.1, -0.05) is 12.1 Å². The van der Waals surface area contributed by atoms with Crippen LogP contribution in [0.25, 0.3) is 0 Å². The predicted octanol–water partition coefficient (Wildman–Crippen LogP) is 4.27. The van der Waals surface area contributed by atoms with E-state index in [0.717, 1.165) is 11.4 Å². The second-order valence-corrected chi connectivity index (χ2v) is 6.18. The number of anilines is 2. The molecule has 0 atom stereocenters. The highest BCUT2D eigenvalue weighted by Gasteiger charge is 2.18. The molecular formula is C23H22N2O5. The zero-order valence-corrected chi connectivity index (χ0v) is 16.8. The Morgan fingerprint density at radius 2 is 1.70 bits per heavy atom. The van der Waals surface area contributed by atoms with Gasteiger partial charge < -0.3 is 19.5 Å². The summed E-state index contributed by atoms with van der Waals surface area (Å²) in [5, 5.41) is 3.09. The highest BCUT2D eigenvalue weighted by atomic mass is 16.5. The topological polar surface area (TPSA) is 86.8 Å². The van der Waals surface area contributed by atoms with Gasteiger partial charge in [-0.25, -0.2) is 9.78 Å². The van der Waals surface area contributed by atoms with E-state index in [9.17, 15) is 9.59 Å². The number of methoxy groups -OCH3 is 1. The molecule has 0 aliphatic rings. The van der Waals surface area contributed by atoms with Gasteiger partial charge in [0.15, 0.2) is 6.61 Å². The molecule has 30 heavy (non-hydrogen) atoms. The third-order valence-corrected chi connectivity index (χ3v) is 4.20. The highest BCUT2D eigenvalue weighted by molar-refractivity contribution is 6.02. The monoisotopic (exact) mass is 406 g/mol. The van der Waals surface area contributed by atoms with Gasteiger partial charge >= 0.3 is 5.97 Å². The lowest BCUT2D eigenvalue weighted by Gasteiger charge is -2.12. The van der Waals surface area contributed by atoms with E-state index < -0.39 is 12.6 Å². The van der Waals surface area contributed by atoms with Crippen molar-refractivity contribution in [2.75, 3.05) is 25.6 Å². The Labute approximate surface area is 174 Å². The van der Waals surface area contributed by atoms with Crippen molar-refractivity contribution in [2.45, 2.75) is 6.92 Å². The van der Waals surface area contributed by atoms with Gasteiger partial charge in [0.25, 0.3) is 0 Å². The molecule has 0 saturated carbocycles. The van der Waals surface area contributed by atoms with Crippen molar-refractivity contribution >= 4 is 23.3 Å². The summed E-state index contributed by atoms with van der Waals surface area (Å²) in [6.07, 6.45) is 1.56. The third-order valence-electron chi connectivity index (χ3n) is 4.20. The van der Waals surface area contributed by atoms with E-state index in [1.807, 2.05) is 31.2 Å². The number of hydrogen-bond donors (Lipinski definition) is 1. The molecule has 7 heteroatoms. The summed E-state index contributed by atoms with van der Waals surface area (Å²) in [7, 11) is 1.48. The maximum absolute atomic E-state index is 12.6. The first kappa shape index (κ1) is 20.9. The van der Waals surface area contributed by atoms with E-state index in [1.54, 1.807) is 42.6 Å². The van der Waals surface area contributed by atoms with E-state index in [4.69, 9.17) is 14.2 Å². The number of para-hydroxylation sites is 1. The Hall–Kier alpha value is -3.87. The van der Waals surface area contributed by atoms with E-state index in [-0.39, 0.29) is 11.3 Å². The number of rotatable bonds is 9. The number of aromatic nitrogens is 1. The van der Waals surface area contributed by atoms with Crippen molar-refractivity contribution in [3.8, 4) is 11.5 Å². The number of Topliss-reactive ketones (excluding diaryl/α,β-unsaturated/α-hetero) is 1. The summed E-state index contributed by atoms with van der Waals surface area (Å²) in [5.41, 5.74) is 1.31. The molecule has 7 nitrogen and oxygen atoms in total. The molecule has 154 valence electrons. The molecule has 0 fully saturated rings. The van der Waals surface area contributed by atoms with Gasteiger partial charge in [-0.05, 0) is 55.5 Å². The van der Waals surface area contributed by atoms with Crippen molar-refractivity contribution in [3.63, 3.8) is 0 Å². The lowest BCUT2D eigenvalue weighted by atomic mass is 10.1. The molecular weight excluding hydrogens is 384 g/mol. The molecule has 1 aromatic heterocycles. The smallest absolute Gasteiger partial charge is 0.342 e. The van der Waals surface area contributed by atoms with Gasteiger partial charge in [0.1, 0.15) is 22.9 Å². The number of esters is 1. The maximum atomic E-state index is 12.6. The molecule has 0 unspecified atom stereocenters. The average Bonchev–Trinajstić information content (AvgIpc) is 2.79. The zero-order valence-electron chi connectivity index (χ0n) is 16.8. The van der Waals surface area contributed by atoms with Crippen LogP contribution in [0.1, 0.15) is 27.6 Å². The first-order chi connectivity index (χ1) is 14.6. The fourth-order valence-electron chi connectivity index (χ4n) is 2.77. The number of nitrogens with one attached hydrogen (secondary N) is 1. The third kappa shape index (κ3) is 5.14. The minimum Gasteiger partial charge on any atom is -0.496 e. The first-order valence-electron chi connectivity index (χ1n) is 9.40. The normalized spacial score (nSPS) is 10.2. The van der Waals surface area contributed by atoms with Gasteiger partial charge in [-0.2, -0.15) is 0 Å². The van der Waals surface area contributed by atoms with Crippen molar-refractivity contribution in [3.05, 3.63) is 78.0 Å². The second-order valence-electron chi connectivity index (χ2n) is 6.18. The Morgan fingerprint density at radius 1 is 0.967 bits per heavy atom. The lowest BCUT2D eigenvalue weighted by Crippen LogP contribution is -2.16. The van der Waals surface area contributed by atoms with Crippen LogP contribution >= 0.6 is 0 Å². The molecule has 3 rings (SSSR count). The molecule has 2 aromatic carbocycles. The van der Waals surface area contributed by atoms with Crippen molar-refractivity contribution in [2.24, 2.45) is 0 Å². The van der Waals surface area contributed by atoms with Gasteiger partial charge in [0, 0.05) is 11.9 Å². The minimum absolute atomic E-state index is 0.221. The van der Waals surface area contributed by atoms with Crippen LogP contribution in [0, 0.1) is 0 Å². The molecule has 0 spiro atoms. The standard InChI is InChI=1S/C23H22N2O5/c1-3-29-17-12-10-16(11-13-17)25-22-19(8-6-14-24-22)23(27)30-15-20(26)18-7-4-5-9-21(18)28-2/h4-14H,3,15H2,1-2H3,(H,24,25). The zero-order chi connectivity index (χ0) is 21.3. The fraction of sp³-hybridized carbons (Fsp3) is 0.174. The van der Waals surface area contributed by atoms with E-state index in [1.165, 1.54) is 7.11 Å². The van der Waals surface area contributed by atoms with Crippen LogP contribution in [0.5, 0.6) is 11.5 Å². The van der Waals surface area contributed by atoms with Crippen LogP contribution in [0.3, 0.4) is 0 Å². The summed E-state index contributed by atoms with van der Waals surface area (Å²) in [6.45, 7) is 2.09. The molecule has 0 saturated heterocycles. The number of carbonyl (C=O) groups is 2.